The zero-order valence-electron chi connectivity index (χ0n) is 16.0. The molecule has 0 spiro atoms. The van der Waals surface area contributed by atoms with Gasteiger partial charge in [0.25, 0.3) is 0 Å². The minimum atomic E-state index is -0.892. The number of carboxylic acid groups (broad SMARTS) is 1. The third-order valence-corrected chi connectivity index (χ3v) is 4.54. The lowest BCUT2D eigenvalue weighted by atomic mass is 10.0. The van der Waals surface area contributed by atoms with Crippen LogP contribution in [-0.4, -0.2) is 28.0 Å². The van der Waals surface area contributed by atoms with Crippen molar-refractivity contribution in [1.29, 1.82) is 0 Å². The first kappa shape index (κ1) is 19.6. The summed E-state index contributed by atoms with van der Waals surface area (Å²) in [7, 11) is 1.57. The van der Waals surface area contributed by atoms with Crippen LogP contribution in [0.3, 0.4) is 0 Å². The van der Waals surface area contributed by atoms with Gasteiger partial charge in [0.05, 0.1) is 24.9 Å². The van der Waals surface area contributed by atoms with Crippen LogP contribution in [0.15, 0.2) is 48.5 Å². The first-order chi connectivity index (χ1) is 13.5. The van der Waals surface area contributed by atoms with Crippen molar-refractivity contribution in [3.05, 3.63) is 59.9 Å². The normalized spacial score (nSPS) is 10.8. The fourth-order valence-electron chi connectivity index (χ4n) is 3.12. The minimum absolute atomic E-state index is 0.0711. The van der Waals surface area contributed by atoms with Crippen molar-refractivity contribution in [2.45, 2.75) is 32.7 Å². The van der Waals surface area contributed by atoms with E-state index in [1.807, 2.05) is 10.7 Å². The molecule has 0 radical (unpaired) electrons. The van der Waals surface area contributed by atoms with Crippen LogP contribution in [0.2, 0.25) is 0 Å². The fourth-order valence-corrected chi connectivity index (χ4v) is 3.12. The maximum atomic E-state index is 13.3. The number of halogens is 1. The van der Waals surface area contributed by atoms with Gasteiger partial charge in [0.2, 0.25) is 0 Å². The largest absolute Gasteiger partial charge is 0.496 e. The Labute approximate surface area is 163 Å². The van der Waals surface area contributed by atoms with Gasteiger partial charge in [-0.25, -0.2) is 4.39 Å². The number of aryl methyl sites for hydroxylation is 1. The van der Waals surface area contributed by atoms with E-state index in [0.717, 1.165) is 36.2 Å². The molecule has 3 aromatic rings. The number of aromatic nitrogens is 2. The van der Waals surface area contributed by atoms with Gasteiger partial charge >= 0.3 is 5.97 Å². The molecule has 0 bridgehead atoms. The molecule has 146 valence electrons. The topological polar surface area (TPSA) is 64.4 Å². The molecule has 0 saturated carbocycles. The zero-order valence-corrected chi connectivity index (χ0v) is 16.0. The number of hydrogen-bond donors (Lipinski definition) is 1. The van der Waals surface area contributed by atoms with E-state index >= 15 is 0 Å². The lowest BCUT2D eigenvalue weighted by Gasteiger charge is -2.08. The van der Waals surface area contributed by atoms with Crippen molar-refractivity contribution in [3.8, 4) is 28.3 Å². The molecule has 28 heavy (non-hydrogen) atoms. The van der Waals surface area contributed by atoms with E-state index in [-0.39, 0.29) is 12.2 Å². The lowest BCUT2D eigenvalue weighted by Crippen LogP contribution is -2.03. The van der Waals surface area contributed by atoms with E-state index in [1.165, 1.54) is 12.1 Å². The number of unbranched alkanes of at least 4 members (excludes halogenated alkanes) is 1. The van der Waals surface area contributed by atoms with Crippen LogP contribution >= 0.6 is 0 Å². The number of rotatable bonds is 8. The molecular weight excluding hydrogens is 359 g/mol. The minimum Gasteiger partial charge on any atom is -0.496 e. The molecule has 0 amide bonds. The van der Waals surface area contributed by atoms with E-state index in [1.54, 1.807) is 37.4 Å². The molecule has 1 heterocycles. The molecule has 3 rings (SSSR count). The molecule has 0 fully saturated rings. The monoisotopic (exact) mass is 382 g/mol. The van der Waals surface area contributed by atoms with Gasteiger partial charge < -0.3 is 9.84 Å². The first-order valence-electron chi connectivity index (χ1n) is 9.24. The van der Waals surface area contributed by atoms with Gasteiger partial charge in [0.1, 0.15) is 11.6 Å². The number of ether oxygens (including phenoxy) is 1. The number of carbonyl (C=O) groups is 1. The van der Waals surface area contributed by atoms with Crippen LogP contribution in [0.5, 0.6) is 5.75 Å². The van der Waals surface area contributed by atoms with Gasteiger partial charge in [-0.1, -0.05) is 19.4 Å². The summed E-state index contributed by atoms with van der Waals surface area (Å²) >= 11 is 0. The molecule has 0 saturated heterocycles. The SMILES string of the molecule is CCCCn1nc(-c2cc(CC(=O)O)ccc2OC)cc1-c1ccc(F)cc1. The summed E-state index contributed by atoms with van der Waals surface area (Å²) in [6.07, 6.45) is 1.92. The fraction of sp³-hybridized carbons (Fsp3) is 0.273. The Balaban J connectivity index is 2.09. The molecule has 0 unspecified atom stereocenters. The van der Waals surface area contributed by atoms with Crippen LogP contribution in [-0.2, 0) is 17.8 Å². The van der Waals surface area contributed by atoms with Crippen molar-refractivity contribution in [2.24, 2.45) is 0 Å². The standard InChI is InChI=1S/C22H23FN2O3/c1-3-4-11-25-20(16-6-8-17(23)9-7-16)14-19(24-25)18-12-15(13-22(26)27)5-10-21(18)28-2/h5-10,12,14H,3-4,11,13H2,1-2H3,(H,26,27). The lowest BCUT2D eigenvalue weighted by molar-refractivity contribution is -0.136. The summed E-state index contributed by atoms with van der Waals surface area (Å²) in [6.45, 7) is 2.85. The predicted octanol–water partition coefficient (Wildman–Crippen LogP) is 4.79. The number of aliphatic carboxylic acids is 1. The second-order valence-electron chi connectivity index (χ2n) is 6.60. The van der Waals surface area contributed by atoms with Crippen molar-refractivity contribution in [3.63, 3.8) is 0 Å². The van der Waals surface area contributed by atoms with E-state index in [9.17, 15) is 9.18 Å². The Morgan fingerprint density at radius 2 is 1.93 bits per heavy atom. The van der Waals surface area contributed by atoms with Crippen molar-refractivity contribution >= 4 is 5.97 Å². The number of carboxylic acids is 1. The number of hydrogen-bond acceptors (Lipinski definition) is 3. The van der Waals surface area contributed by atoms with E-state index < -0.39 is 5.97 Å². The quantitative estimate of drug-likeness (QED) is 0.608. The molecule has 2 aromatic carbocycles. The summed E-state index contributed by atoms with van der Waals surface area (Å²) < 4.78 is 20.7. The third-order valence-electron chi connectivity index (χ3n) is 4.54. The van der Waals surface area contributed by atoms with E-state index in [0.29, 0.717) is 17.0 Å². The summed E-state index contributed by atoms with van der Waals surface area (Å²) in [4.78, 5) is 11.1. The van der Waals surface area contributed by atoms with Gasteiger partial charge in [-0.15, -0.1) is 0 Å². The molecule has 5 nitrogen and oxygen atoms in total. The van der Waals surface area contributed by atoms with Crippen LogP contribution in [0.4, 0.5) is 4.39 Å². The van der Waals surface area contributed by atoms with Gasteiger partial charge in [-0.3, -0.25) is 9.48 Å². The average molecular weight is 382 g/mol. The van der Waals surface area contributed by atoms with Crippen molar-refractivity contribution in [2.75, 3.05) is 7.11 Å². The number of nitrogens with zero attached hydrogens (tertiary/aromatic N) is 2. The highest BCUT2D eigenvalue weighted by molar-refractivity contribution is 5.76. The van der Waals surface area contributed by atoms with Crippen molar-refractivity contribution in [1.82, 2.24) is 9.78 Å². The Kier molecular flexibility index (Phi) is 6.09. The van der Waals surface area contributed by atoms with E-state index in [4.69, 9.17) is 14.9 Å². The van der Waals surface area contributed by atoms with Gasteiger partial charge in [0, 0.05) is 17.7 Å². The smallest absolute Gasteiger partial charge is 0.307 e. The highest BCUT2D eigenvalue weighted by atomic mass is 19.1. The second-order valence-corrected chi connectivity index (χ2v) is 6.60. The van der Waals surface area contributed by atoms with Crippen molar-refractivity contribution < 1.29 is 19.0 Å². The molecule has 1 N–H and O–H groups in total. The summed E-state index contributed by atoms with van der Waals surface area (Å²) in [5.74, 6) is -0.553. The van der Waals surface area contributed by atoms with Crippen LogP contribution in [0.25, 0.3) is 22.5 Å². The van der Waals surface area contributed by atoms with Gasteiger partial charge in [-0.05, 0) is 54.4 Å². The molecule has 6 heteroatoms. The molecule has 0 aliphatic rings. The Morgan fingerprint density at radius 1 is 1.18 bits per heavy atom. The Hall–Kier alpha value is -3.15. The van der Waals surface area contributed by atoms with E-state index in [2.05, 4.69) is 6.92 Å². The number of benzene rings is 2. The van der Waals surface area contributed by atoms with Gasteiger partial charge in [-0.2, -0.15) is 5.10 Å². The Morgan fingerprint density at radius 3 is 2.57 bits per heavy atom. The molecule has 1 aromatic heterocycles. The second kappa shape index (κ2) is 8.69. The first-order valence-corrected chi connectivity index (χ1v) is 9.24. The maximum Gasteiger partial charge on any atom is 0.307 e. The molecule has 0 aliphatic heterocycles. The molecule has 0 atom stereocenters. The molecular formula is C22H23FN2O3. The highest BCUT2D eigenvalue weighted by Gasteiger charge is 2.16. The highest BCUT2D eigenvalue weighted by Crippen LogP contribution is 2.33. The van der Waals surface area contributed by atoms with Crippen LogP contribution in [0.1, 0.15) is 25.3 Å². The average Bonchev–Trinajstić information content (AvgIpc) is 3.10. The predicted molar refractivity (Wildman–Crippen MR) is 106 cm³/mol. The molecule has 0 aliphatic carbocycles. The van der Waals surface area contributed by atoms with Gasteiger partial charge in [0.15, 0.2) is 0 Å². The Bertz CT molecular complexity index is 964. The zero-order chi connectivity index (χ0) is 20.1. The maximum absolute atomic E-state index is 13.3. The summed E-state index contributed by atoms with van der Waals surface area (Å²) in [5, 5.41) is 13.8. The van der Waals surface area contributed by atoms with Crippen LogP contribution in [0, 0.1) is 5.82 Å². The summed E-state index contributed by atoms with van der Waals surface area (Å²) in [5.41, 5.74) is 3.86. The van der Waals surface area contributed by atoms with Crippen LogP contribution < -0.4 is 4.74 Å². The number of methoxy groups -OCH3 is 1. The summed E-state index contributed by atoms with van der Waals surface area (Å²) in [6, 6.07) is 13.6. The third kappa shape index (κ3) is 4.39.